The van der Waals surface area contributed by atoms with Crippen LogP contribution in [0.2, 0.25) is 0 Å². The predicted molar refractivity (Wildman–Crippen MR) is 71.1 cm³/mol. The molecular formula is C14H20N2O3. The van der Waals surface area contributed by atoms with Crippen molar-refractivity contribution in [1.29, 1.82) is 0 Å². The second kappa shape index (κ2) is 5.57. The fourth-order valence-corrected chi connectivity index (χ4v) is 2.71. The van der Waals surface area contributed by atoms with Crippen LogP contribution in [-0.2, 0) is 11.3 Å². The van der Waals surface area contributed by atoms with Crippen molar-refractivity contribution in [2.75, 3.05) is 13.7 Å². The molecule has 0 aromatic carbocycles. The van der Waals surface area contributed by atoms with E-state index < -0.39 is 12.0 Å². The van der Waals surface area contributed by atoms with E-state index in [2.05, 4.69) is 4.98 Å². The van der Waals surface area contributed by atoms with Gasteiger partial charge in [0.2, 0.25) is 0 Å². The van der Waals surface area contributed by atoms with Gasteiger partial charge in [0.05, 0.1) is 12.8 Å². The molecule has 1 aliphatic heterocycles. The number of likely N-dealkylation sites (tertiary alicyclic amines) is 1. The molecule has 104 valence electrons. The fourth-order valence-electron chi connectivity index (χ4n) is 2.71. The Labute approximate surface area is 113 Å². The molecule has 0 bridgehead atoms. The lowest BCUT2D eigenvalue weighted by Crippen LogP contribution is -2.38. The van der Waals surface area contributed by atoms with E-state index in [0.29, 0.717) is 6.54 Å². The van der Waals surface area contributed by atoms with Gasteiger partial charge in [0.15, 0.2) is 0 Å². The summed E-state index contributed by atoms with van der Waals surface area (Å²) in [6.07, 6.45) is 0.917. The zero-order valence-corrected chi connectivity index (χ0v) is 11.6. The van der Waals surface area contributed by atoms with Crippen LogP contribution in [0.15, 0.2) is 12.1 Å². The van der Waals surface area contributed by atoms with Crippen LogP contribution in [0.3, 0.4) is 0 Å². The molecule has 19 heavy (non-hydrogen) atoms. The number of hydrogen-bond acceptors (Lipinski definition) is 4. The van der Waals surface area contributed by atoms with Crippen molar-refractivity contribution >= 4 is 5.97 Å². The Morgan fingerprint density at radius 2 is 2.32 bits per heavy atom. The smallest absolute Gasteiger partial charge is 0.321 e. The normalized spacial score (nSPS) is 23.5. The quantitative estimate of drug-likeness (QED) is 0.896. The summed E-state index contributed by atoms with van der Waals surface area (Å²) in [6, 6.07) is 3.33. The van der Waals surface area contributed by atoms with Crippen LogP contribution in [-0.4, -0.2) is 40.7 Å². The van der Waals surface area contributed by atoms with Gasteiger partial charge in [0, 0.05) is 24.4 Å². The Morgan fingerprint density at radius 3 is 2.95 bits per heavy atom. The second-order valence-electron chi connectivity index (χ2n) is 5.16. The molecule has 2 atom stereocenters. The highest BCUT2D eigenvalue weighted by atomic mass is 16.5. The largest absolute Gasteiger partial charge is 0.497 e. The molecule has 0 aliphatic carbocycles. The summed E-state index contributed by atoms with van der Waals surface area (Å²) >= 11 is 0. The third kappa shape index (κ3) is 3.04. The number of ether oxygens (including phenoxy) is 1. The minimum atomic E-state index is -0.746. The molecule has 2 heterocycles. The van der Waals surface area contributed by atoms with Gasteiger partial charge in [-0.15, -0.1) is 0 Å². The molecule has 0 saturated carbocycles. The molecular weight excluding hydrogens is 244 g/mol. The van der Waals surface area contributed by atoms with Gasteiger partial charge in [-0.3, -0.25) is 14.7 Å². The highest BCUT2D eigenvalue weighted by molar-refractivity contribution is 5.74. The molecule has 2 rings (SSSR count). The van der Waals surface area contributed by atoms with Crippen LogP contribution < -0.4 is 4.74 Å². The van der Waals surface area contributed by atoms with E-state index in [1.807, 2.05) is 30.9 Å². The van der Waals surface area contributed by atoms with E-state index in [1.165, 1.54) is 0 Å². The zero-order valence-electron chi connectivity index (χ0n) is 11.6. The van der Waals surface area contributed by atoms with Crippen LogP contribution in [0.1, 0.15) is 24.7 Å². The Balaban J connectivity index is 2.16. The molecule has 1 fully saturated rings. The average molecular weight is 264 g/mol. The van der Waals surface area contributed by atoms with Crippen molar-refractivity contribution in [2.24, 2.45) is 5.92 Å². The van der Waals surface area contributed by atoms with E-state index in [0.717, 1.165) is 30.1 Å². The summed E-state index contributed by atoms with van der Waals surface area (Å²) in [4.78, 5) is 17.7. The van der Waals surface area contributed by atoms with Gasteiger partial charge in [-0.2, -0.15) is 0 Å². The zero-order chi connectivity index (χ0) is 14.0. The Kier molecular flexibility index (Phi) is 4.04. The van der Waals surface area contributed by atoms with E-state index in [9.17, 15) is 9.90 Å². The number of hydrogen-bond donors (Lipinski definition) is 1. The highest BCUT2D eigenvalue weighted by Crippen LogP contribution is 2.26. The van der Waals surface area contributed by atoms with Crippen LogP contribution >= 0.6 is 0 Å². The van der Waals surface area contributed by atoms with E-state index in [4.69, 9.17) is 4.74 Å². The van der Waals surface area contributed by atoms with Crippen molar-refractivity contribution in [1.82, 2.24) is 9.88 Å². The van der Waals surface area contributed by atoms with Crippen LogP contribution in [0, 0.1) is 12.8 Å². The standard InChI is InChI=1S/C14H20N2O3/c1-9-4-5-16(13(9)14(17)18)8-11-7-12(19-3)6-10(2)15-11/h6-7,9,13H,4-5,8H2,1-3H3,(H,17,18). The van der Waals surface area contributed by atoms with Gasteiger partial charge >= 0.3 is 5.97 Å². The minimum Gasteiger partial charge on any atom is -0.497 e. The fraction of sp³-hybridized carbons (Fsp3) is 0.571. The van der Waals surface area contributed by atoms with Gasteiger partial charge in [0.25, 0.3) is 0 Å². The van der Waals surface area contributed by atoms with Gasteiger partial charge in [0.1, 0.15) is 11.8 Å². The maximum Gasteiger partial charge on any atom is 0.321 e. The third-order valence-electron chi connectivity index (χ3n) is 3.64. The maximum atomic E-state index is 11.3. The van der Waals surface area contributed by atoms with Gasteiger partial charge < -0.3 is 9.84 Å². The summed E-state index contributed by atoms with van der Waals surface area (Å²) in [6.45, 7) is 5.26. The van der Waals surface area contributed by atoms with Crippen LogP contribution in [0.5, 0.6) is 5.75 Å². The lowest BCUT2D eigenvalue weighted by molar-refractivity contribution is -0.143. The molecule has 5 nitrogen and oxygen atoms in total. The Morgan fingerprint density at radius 1 is 1.58 bits per heavy atom. The minimum absolute atomic E-state index is 0.184. The summed E-state index contributed by atoms with van der Waals surface area (Å²) in [7, 11) is 1.62. The highest BCUT2D eigenvalue weighted by Gasteiger charge is 2.36. The number of rotatable bonds is 4. The second-order valence-corrected chi connectivity index (χ2v) is 5.16. The van der Waals surface area contributed by atoms with Crippen molar-refractivity contribution in [2.45, 2.75) is 32.9 Å². The van der Waals surface area contributed by atoms with E-state index in [-0.39, 0.29) is 5.92 Å². The van der Waals surface area contributed by atoms with Gasteiger partial charge in [-0.25, -0.2) is 0 Å². The average Bonchev–Trinajstić information content (AvgIpc) is 2.69. The molecule has 0 spiro atoms. The predicted octanol–water partition coefficient (Wildman–Crippen LogP) is 1.69. The number of methoxy groups -OCH3 is 1. The van der Waals surface area contributed by atoms with Crippen LogP contribution in [0.25, 0.3) is 0 Å². The van der Waals surface area contributed by atoms with E-state index >= 15 is 0 Å². The number of aryl methyl sites for hydroxylation is 1. The first-order chi connectivity index (χ1) is 9.01. The molecule has 1 aromatic heterocycles. The molecule has 0 amide bonds. The lowest BCUT2D eigenvalue weighted by atomic mass is 10.0. The number of aromatic nitrogens is 1. The summed E-state index contributed by atoms with van der Waals surface area (Å²) in [5.74, 6) is 0.204. The summed E-state index contributed by atoms with van der Waals surface area (Å²) in [5, 5.41) is 9.30. The number of carboxylic acids is 1. The number of carbonyl (C=O) groups is 1. The lowest BCUT2D eigenvalue weighted by Gasteiger charge is -2.22. The number of aliphatic carboxylic acids is 1. The molecule has 0 radical (unpaired) electrons. The number of carboxylic acid groups (broad SMARTS) is 1. The molecule has 5 heteroatoms. The first-order valence-electron chi connectivity index (χ1n) is 6.49. The molecule has 1 saturated heterocycles. The maximum absolute atomic E-state index is 11.3. The summed E-state index contributed by atoms with van der Waals surface area (Å²) < 4.78 is 5.22. The number of pyridine rings is 1. The topological polar surface area (TPSA) is 62.7 Å². The first-order valence-corrected chi connectivity index (χ1v) is 6.49. The summed E-state index contributed by atoms with van der Waals surface area (Å²) in [5.41, 5.74) is 1.74. The molecule has 1 aromatic rings. The third-order valence-corrected chi connectivity index (χ3v) is 3.64. The van der Waals surface area contributed by atoms with Crippen molar-refractivity contribution in [3.8, 4) is 5.75 Å². The van der Waals surface area contributed by atoms with E-state index in [1.54, 1.807) is 7.11 Å². The van der Waals surface area contributed by atoms with Crippen LogP contribution in [0.4, 0.5) is 0 Å². The Bertz CT molecular complexity index is 476. The van der Waals surface area contributed by atoms with Gasteiger partial charge in [-0.1, -0.05) is 6.92 Å². The van der Waals surface area contributed by atoms with Crippen molar-refractivity contribution < 1.29 is 14.6 Å². The van der Waals surface area contributed by atoms with Crippen molar-refractivity contribution in [3.63, 3.8) is 0 Å². The SMILES string of the molecule is COc1cc(C)nc(CN2CCC(C)C2C(=O)O)c1. The molecule has 1 N–H and O–H groups in total. The number of nitrogens with zero attached hydrogens (tertiary/aromatic N) is 2. The monoisotopic (exact) mass is 264 g/mol. The first kappa shape index (κ1) is 13.8. The Hall–Kier alpha value is -1.62. The van der Waals surface area contributed by atoms with Gasteiger partial charge in [-0.05, 0) is 25.8 Å². The molecule has 1 aliphatic rings. The molecule has 2 unspecified atom stereocenters. The van der Waals surface area contributed by atoms with Crippen molar-refractivity contribution in [3.05, 3.63) is 23.5 Å².